The van der Waals surface area contributed by atoms with Crippen LogP contribution in [0.2, 0.25) is 0 Å². The van der Waals surface area contributed by atoms with Crippen LogP contribution in [0.4, 0.5) is 4.79 Å². The Labute approximate surface area is 224 Å². The van der Waals surface area contributed by atoms with E-state index in [4.69, 9.17) is 11.1 Å². The molecule has 2 atom stereocenters. The summed E-state index contributed by atoms with van der Waals surface area (Å²) in [7, 11) is 0. The Bertz CT molecular complexity index is 1340. The van der Waals surface area contributed by atoms with Crippen LogP contribution in [0.25, 0.3) is 10.9 Å². The third-order valence-electron chi connectivity index (χ3n) is 6.16. The number of para-hydroxylation sites is 1. The largest absolute Gasteiger partial charge is 0.481 e. The van der Waals surface area contributed by atoms with Crippen molar-refractivity contribution in [2.45, 2.75) is 44.2 Å². The lowest BCUT2D eigenvalue weighted by Crippen LogP contribution is -2.54. The number of nitrogens with one attached hydrogen (secondary N) is 5. The summed E-state index contributed by atoms with van der Waals surface area (Å²) in [5.41, 5.74) is 8.64. The quantitative estimate of drug-likeness (QED) is 0.0867. The van der Waals surface area contributed by atoms with Gasteiger partial charge in [0.25, 0.3) is 0 Å². The third kappa shape index (κ3) is 8.59. The van der Waals surface area contributed by atoms with Crippen LogP contribution in [0, 0.1) is 5.41 Å². The molecule has 1 heterocycles. The average molecular weight is 537 g/mol. The maximum Gasteiger partial charge on any atom is 0.326 e. The second-order valence-electron chi connectivity index (χ2n) is 9.08. The Morgan fingerprint density at radius 1 is 0.949 bits per heavy atom. The van der Waals surface area contributed by atoms with E-state index < -0.39 is 42.4 Å². The number of carboxylic acid groups (broad SMARTS) is 2. The number of amidine groups is 1. The molecule has 0 saturated carbocycles. The second-order valence-corrected chi connectivity index (χ2v) is 9.08. The molecule has 0 fully saturated rings. The number of aliphatic carboxylic acids is 2. The zero-order valence-corrected chi connectivity index (χ0v) is 21.2. The number of aromatic nitrogens is 1. The number of nitrogen functional groups attached to an aromatic ring is 1. The number of rotatable bonds is 14. The molecule has 39 heavy (non-hydrogen) atoms. The van der Waals surface area contributed by atoms with Crippen molar-refractivity contribution in [3.05, 3.63) is 71.4 Å². The predicted molar refractivity (Wildman–Crippen MR) is 145 cm³/mol. The molecule has 3 aromatic rings. The minimum Gasteiger partial charge on any atom is -0.481 e. The van der Waals surface area contributed by atoms with Crippen molar-refractivity contribution in [1.29, 1.82) is 5.41 Å². The maximum atomic E-state index is 12.8. The second kappa shape index (κ2) is 13.6. The van der Waals surface area contributed by atoms with Crippen LogP contribution >= 0.6 is 0 Å². The van der Waals surface area contributed by atoms with E-state index in [9.17, 15) is 29.4 Å². The number of hydrogen-bond donors (Lipinski definition) is 8. The van der Waals surface area contributed by atoms with E-state index in [1.54, 1.807) is 18.3 Å². The standard InChI is InChI=1S/C27H32N6O6/c28-24(29)17-10-8-16(9-11-17)5-3-4-12-30-27(39)33-21(14-23(34)35)25(36)32-22(26(37)38)13-18-15-31-20-7-2-1-6-19(18)20/h1-2,6-11,15,21-22,31H,3-5,12-14H2,(H3,28,29)(H,32,36)(H,34,35)(H,37,38)(H2,30,33,39)/t21-,22-/m0/s1. The van der Waals surface area contributed by atoms with Gasteiger partial charge in [0.1, 0.15) is 17.9 Å². The van der Waals surface area contributed by atoms with Gasteiger partial charge in [-0.15, -0.1) is 0 Å². The number of aryl methyl sites for hydroxylation is 1. The Kier molecular flexibility index (Phi) is 10.0. The van der Waals surface area contributed by atoms with Crippen molar-refractivity contribution < 1.29 is 29.4 Å². The predicted octanol–water partition coefficient (Wildman–Crippen LogP) is 1.73. The van der Waals surface area contributed by atoms with Crippen LogP contribution in [0.1, 0.15) is 36.0 Å². The Balaban J connectivity index is 1.50. The van der Waals surface area contributed by atoms with Gasteiger partial charge in [-0.25, -0.2) is 9.59 Å². The highest BCUT2D eigenvalue weighted by Crippen LogP contribution is 2.19. The molecule has 0 aliphatic rings. The van der Waals surface area contributed by atoms with Crippen LogP contribution in [-0.2, 0) is 27.2 Å². The van der Waals surface area contributed by atoms with E-state index in [1.807, 2.05) is 36.4 Å². The first-order valence-electron chi connectivity index (χ1n) is 12.4. The van der Waals surface area contributed by atoms with Gasteiger partial charge in [0.2, 0.25) is 5.91 Å². The number of nitrogens with two attached hydrogens (primary N) is 1. The highest BCUT2D eigenvalue weighted by atomic mass is 16.4. The fraction of sp³-hybridized carbons (Fsp3) is 0.296. The summed E-state index contributed by atoms with van der Waals surface area (Å²) in [6.07, 6.45) is 3.05. The molecule has 0 aliphatic heterocycles. The van der Waals surface area contributed by atoms with Gasteiger partial charge in [0.05, 0.1) is 6.42 Å². The molecule has 206 valence electrons. The summed E-state index contributed by atoms with van der Waals surface area (Å²) in [4.78, 5) is 51.4. The van der Waals surface area contributed by atoms with Gasteiger partial charge in [-0.3, -0.25) is 15.0 Å². The van der Waals surface area contributed by atoms with Crippen LogP contribution in [0.15, 0.2) is 54.7 Å². The summed E-state index contributed by atoms with van der Waals surface area (Å²) in [5, 5.41) is 34.4. The van der Waals surface area contributed by atoms with Gasteiger partial charge in [0.15, 0.2) is 0 Å². The molecule has 2 aromatic carbocycles. The summed E-state index contributed by atoms with van der Waals surface area (Å²) in [6.45, 7) is 0.289. The van der Waals surface area contributed by atoms with Gasteiger partial charge in [-0.2, -0.15) is 0 Å². The molecule has 3 amide bonds. The molecule has 3 rings (SSSR count). The number of carboxylic acids is 2. The van der Waals surface area contributed by atoms with Crippen molar-refractivity contribution in [2.24, 2.45) is 5.73 Å². The molecule has 0 bridgehead atoms. The minimum atomic E-state index is -1.47. The smallest absolute Gasteiger partial charge is 0.326 e. The van der Waals surface area contributed by atoms with Crippen LogP contribution < -0.4 is 21.7 Å². The highest BCUT2D eigenvalue weighted by Gasteiger charge is 2.29. The normalized spacial score (nSPS) is 12.3. The first-order valence-corrected chi connectivity index (χ1v) is 12.4. The van der Waals surface area contributed by atoms with Gasteiger partial charge in [-0.05, 0) is 36.5 Å². The van der Waals surface area contributed by atoms with Gasteiger partial charge in [0, 0.05) is 35.6 Å². The Morgan fingerprint density at radius 3 is 2.33 bits per heavy atom. The number of carbonyl (C=O) groups is 4. The van der Waals surface area contributed by atoms with Crippen molar-refractivity contribution in [3.63, 3.8) is 0 Å². The van der Waals surface area contributed by atoms with Gasteiger partial charge in [-0.1, -0.05) is 42.5 Å². The van der Waals surface area contributed by atoms with Crippen molar-refractivity contribution in [1.82, 2.24) is 20.9 Å². The monoisotopic (exact) mass is 536 g/mol. The number of H-pyrrole nitrogens is 1. The van der Waals surface area contributed by atoms with E-state index in [1.165, 1.54) is 0 Å². The molecule has 0 aliphatic carbocycles. The van der Waals surface area contributed by atoms with Crippen LogP contribution in [0.3, 0.4) is 0 Å². The summed E-state index contributed by atoms with van der Waals surface area (Å²) < 4.78 is 0. The number of benzene rings is 2. The lowest BCUT2D eigenvalue weighted by atomic mass is 10.0. The summed E-state index contributed by atoms with van der Waals surface area (Å²) in [5.74, 6) is -3.52. The fourth-order valence-corrected chi connectivity index (χ4v) is 4.09. The van der Waals surface area contributed by atoms with E-state index in [0.29, 0.717) is 17.5 Å². The fourth-order valence-electron chi connectivity index (χ4n) is 4.09. The first kappa shape index (κ1) is 28.7. The van der Waals surface area contributed by atoms with E-state index >= 15 is 0 Å². The van der Waals surface area contributed by atoms with E-state index in [-0.39, 0.29) is 18.8 Å². The Morgan fingerprint density at radius 2 is 1.67 bits per heavy atom. The molecule has 0 radical (unpaired) electrons. The number of aromatic amines is 1. The number of carbonyl (C=O) groups excluding carboxylic acids is 2. The van der Waals surface area contributed by atoms with Crippen molar-refractivity contribution in [2.75, 3.05) is 6.54 Å². The molecule has 0 spiro atoms. The lowest BCUT2D eigenvalue weighted by molar-refractivity contribution is -0.142. The number of hydrogen-bond acceptors (Lipinski definition) is 5. The molecule has 9 N–H and O–H groups in total. The molecule has 1 aromatic heterocycles. The zero-order valence-electron chi connectivity index (χ0n) is 21.2. The number of urea groups is 1. The van der Waals surface area contributed by atoms with Crippen molar-refractivity contribution in [3.8, 4) is 0 Å². The van der Waals surface area contributed by atoms with Gasteiger partial charge >= 0.3 is 18.0 Å². The minimum absolute atomic E-state index is 0.000548. The SMILES string of the molecule is N=C(N)c1ccc(CCCCNC(=O)N[C@@H](CC(=O)O)C(=O)N[C@@H](Cc2c[nH]c3ccccc23)C(=O)O)cc1. The number of amides is 3. The van der Waals surface area contributed by atoms with Crippen molar-refractivity contribution >= 4 is 40.6 Å². The molecular formula is C27H32N6O6. The molecular weight excluding hydrogens is 504 g/mol. The third-order valence-corrected chi connectivity index (χ3v) is 6.16. The highest BCUT2D eigenvalue weighted by molar-refractivity contribution is 5.95. The lowest BCUT2D eigenvalue weighted by Gasteiger charge is -2.20. The summed E-state index contributed by atoms with van der Waals surface area (Å²) in [6, 6.07) is 11.1. The topological polar surface area (TPSA) is 210 Å². The van der Waals surface area contributed by atoms with E-state index in [0.717, 1.165) is 29.3 Å². The molecule has 12 heteroatoms. The number of fused-ring (bicyclic) bond motifs is 1. The first-order chi connectivity index (χ1) is 18.6. The number of unbranched alkanes of at least 4 members (excludes halogenated alkanes) is 1. The molecule has 12 nitrogen and oxygen atoms in total. The van der Waals surface area contributed by atoms with Gasteiger partial charge < -0.3 is 36.9 Å². The average Bonchev–Trinajstić information content (AvgIpc) is 3.30. The Hall–Kier alpha value is -4.87. The van der Waals surface area contributed by atoms with Crippen LogP contribution in [-0.4, -0.2) is 63.5 Å². The van der Waals surface area contributed by atoms with Crippen LogP contribution in [0.5, 0.6) is 0 Å². The van der Waals surface area contributed by atoms with E-state index in [2.05, 4.69) is 20.9 Å². The molecule has 0 unspecified atom stereocenters. The summed E-state index contributed by atoms with van der Waals surface area (Å²) >= 11 is 0. The maximum absolute atomic E-state index is 12.8. The zero-order chi connectivity index (χ0) is 28.4. The molecule has 0 saturated heterocycles.